The highest BCUT2D eigenvalue weighted by Crippen LogP contribution is 2.43. The molecule has 1 atom stereocenters. The quantitative estimate of drug-likeness (QED) is 0.532. The highest BCUT2D eigenvalue weighted by Gasteiger charge is 2.39. The third-order valence-corrected chi connectivity index (χ3v) is 4.97. The van der Waals surface area contributed by atoms with Crippen LogP contribution in [-0.4, -0.2) is 36.5 Å². The van der Waals surface area contributed by atoms with Gasteiger partial charge in [-0.25, -0.2) is 4.98 Å². The van der Waals surface area contributed by atoms with E-state index in [0.29, 0.717) is 5.56 Å². The zero-order valence-corrected chi connectivity index (χ0v) is 13.3. The SMILES string of the molecule is O=C1CSC(c2ccccc2[N+](=O)[O-])N1c1nc2nc[nH]c2c(=O)[nH]1. The lowest BCUT2D eigenvalue weighted by molar-refractivity contribution is -0.385. The average Bonchev–Trinajstić information content (AvgIpc) is 3.21. The number of amides is 1. The van der Waals surface area contributed by atoms with Crippen LogP contribution in [0.15, 0.2) is 35.4 Å². The van der Waals surface area contributed by atoms with Gasteiger partial charge in [0.15, 0.2) is 11.2 Å². The fourth-order valence-electron chi connectivity index (χ4n) is 2.69. The zero-order valence-electron chi connectivity index (χ0n) is 12.5. The molecule has 4 rings (SSSR count). The molecule has 3 aromatic rings. The van der Waals surface area contributed by atoms with Gasteiger partial charge < -0.3 is 4.98 Å². The first kappa shape index (κ1) is 15.3. The number of benzene rings is 1. The Kier molecular flexibility index (Phi) is 3.50. The van der Waals surface area contributed by atoms with E-state index in [0.717, 1.165) is 0 Å². The van der Waals surface area contributed by atoms with Crippen molar-refractivity contribution in [3.05, 3.63) is 56.6 Å². The lowest BCUT2D eigenvalue weighted by atomic mass is 10.1. The minimum absolute atomic E-state index is 0.0164. The van der Waals surface area contributed by atoms with Gasteiger partial charge in [-0.3, -0.25) is 29.6 Å². The van der Waals surface area contributed by atoms with Crippen molar-refractivity contribution in [2.24, 2.45) is 0 Å². The summed E-state index contributed by atoms with van der Waals surface area (Å²) < 4.78 is 0. The number of imidazole rings is 1. The van der Waals surface area contributed by atoms with E-state index in [4.69, 9.17) is 0 Å². The number of H-pyrrole nitrogens is 2. The summed E-state index contributed by atoms with van der Waals surface area (Å²) in [5.74, 6) is -0.159. The Bertz CT molecular complexity index is 1060. The van der Waals surface area contributed by atoms with Crippen molar-refractivity contribution in [2.45, 2.75) is 5.37 Å². The van der Waals surface area contributed by atoms with E-state index in [2.05, 4.69) is 19.9 Å². The smallest absolute Gasteiger partial charge is 0.278 e. The second kappa shape index (κ2) is 5.70. The fourth-order valence-corrected chi connectivity index (χ4v) is 3.88. The largest absolute Gasteiger partial charge is 0.339 e. The molecule has 3 heterocycles. The van der Waals surface area contributed by atoms with Crippen LogP contribution in [-0.2, 0) is 4.79 Å². The number of aromatic amines is 2. The Balaban J connectivity index is 1.85. The van der Waals surface area contributed by atoms with E-state index in [-0.39, 0.29) is 34.5 Å². The molecule has 25 heavy (non-hydrogen) atoms. The lowest BCUT2D eigenvalue weighted by Gasteiger charge is -2.22. The number of nitro groups is 1. The van der Waals surface area contributed by atoms with Gasteiger partial charge in [-0.15, -0.1) is 11.8 Å². The second-order valence-electron chi connectivity index (χ2n) is 5.23. The van der Waals surface area contributed by atoms with Gasteiger partial charge in [-0.05, 0) is 6.07 Å². The Hall–Kier alpha value is -3.21. The first-order valence-corrected chi connectivity index (χ1v) is 8.21. The van der Waals surface area contributed by atoms with E-state index >= 15 is 0 Å². The van der Waals surface area contributed by atoms with Gasteiger partial charge in [0.1, 0.15) is 5.37 Å². The predicted molar refractivity (Wildman–Crippen MR) is 90.3 cm³/mol. The highest BCUT2D eigenvalue weighted by atomic mass is 32.2. The van der Waals surface area contributed by atoms with Gasteiger partial charge in [0, 0.05) is 6.07 Å². The van der Waals surface area contributed by atoms with Crippen LogP contribution in [0.2, 0.25) is 0 Å². The number of rotatable bonds is 3. The predicted octanol–water partition coefficient (Wildman–Crippen LogP) is 1.33. The number of anilines is 1. The molecule has 10 nitrogen and oxygen atoms in total. The molecule has 1 aliphatic rings. The maximum Gasteiger partial charge on any atom is 0.278 e. The Morgan fingerprint density at radius 1 is 1.32 bits per heavy atom. The van der Waals surface area contributed by atoms with Gasteiger partial charge in [-0.1, -0.05) is 12.1 Å². The third-order valence-electron chi connectivity index (χ3n) is 3.78. The highest BCUT2D eigenvalue weighted by molar-refractivity contribution is 8.00. The van der Waals surface area contributed by atoms with Crippen molar-refractivity contribution in [2.75, 3.05) is 10.7 Å². The van der Waals surface area contributed by atoms with Gasteiger partial charge in [0.2, 0.25) is 11.9 Å². The molecule has 1 aromatic carbocycles. The van der Waals surface area contributed by atoms with Crippen LogP contribution in [0.1, 0.15) is 10.9 Å². The summed E-state index contributed by atoms with van der Waals surface area (Å²) in [6.45, 7) is 0. The normalized spacial score (nSPS) is 17.4. The molecule has 0 aliphatic carbocycles. The summed E-state index contributed by atoms with van der Waals surface area (Å²) in [5, 5.41) is 10.6. The molecule has 2 N–H and O–H groups in total. The molecule has 0 spiro atoms. The van der Waals surface area contributed by atoms with Crippen LogP contribution in [0.5, 0.6) is 0 Å². The van der Waals surface area contributed by atoms with Crippen molar-refractivity contribution < 1.29 is 9.72 Å². The molecule has 0 bridgehead atoms. The molecular formula is C14H10N6O4S. The monoisotopic (exact) mass is 358 g/mol. The maximum absolute atomic E-state index is 12.4. The Morgan fingerprint density at radius 3 is 2.92 bits per heavy atom. The molecule has 1 aliphatic heterocycles. The molecule has 1 unspecified atom stereocenters. The molecule has 1 fully saturated rings. The van der Waals surface area contributed by atoms with Crippen molar-refractivity contribution in [1.29, 1.82) is 0 Å². The minimum Gasteiger partial charge on any atom is -0.339 e. The Labute approximate surface area is 143 Å². The molecule has 126 valence electrons. The summed E-state index contributed by atoms with van der Waals surface area (Å²) in [6.07, 6.45) is 1.33. The van der Waals surface area contributed by atoms with E-state index in [1.54, 1.807) is 18.2 Å². The van der Waals surface area contributed by atoms with Gasteiger partial charge in [0.05, 0.1) is 22.6 Å². The molecule has 0 radical (unpaired) electrons. The average molecular weight is 358 g/mol. The van der Waals surface area contributed by atoms with Crippen LogP contribution >= 0.6 is 11.8 Å². The maximum atomic E-state index is 12.4. The first-order chi connectivity index (χ1) is 12.1. The number of hydrogen-bond acceptors (Lipinski definition) is 7. The zero-order chi connectivity index (χ0) is 17.6. The molecule has 0 saturated carbocycles. The number of para-hydroxylation sites is 1. The summed E-state index contributed by atoms with van der Waals surface area (Å²) in [4.78, 5) is 49.9. The first-order valence-electron chi connectivity index (χ1n) is 7.16. The number of carbonyl (C=O) groups is 1. The van der Waals surface area contributed by atoms with Crippen LogP contribution < -0.4 is 10.5 Å². The number of nitrogens with zero attached hydrogens (tertiary/aromatic N) is 4. The van der Waals surface area contributed by atoms with Crippen molar-refractivity contribution in [3.8, 4) is 0 Å². The number of nitro benzene ring substituents is 1. The molecule has 1 saturated heterocycles. The van der Waals surface area contributed by atoms with E-state index in [9.17, 15) is 19.7 Å². The van der Waals surface area contributed by atoms with E-state index < -0.39 is 15.9 Å². The topological polar surface area (TPSA) is 138 Å². The Morgan fingerprint density at radius 2 is 2.12 bits per heavy atom. The summed E-state index contributed by atoms with van der Waals surface area (Å²) in [5.41, 5.74) is 0.176. The molecule has 1 amide bonds. The van der Waals surface area contributed by atoms with Gasteiger partial charge in [0.25, 0.3) is 11.2 Å². The number of nitrogens with one attached hydrogen (secondary N) is 2. The molecule has 2 aromatic heterocycles. The summed E-state index contributed by atoms with van der Waals surface area (Å²) >= 11 is 1.23. The fraction of sp³-hybridized carbons (Fsp3) is 0.143. The number of aromatic nitrogens is 4. The van der Waals surface area contributed by atoms with Crippen molar-refractivity contribution in [1.82, 2.24) is 19.9 Å². The summed E-state index contributed by atoms with van der Waals surface area (Å²) in [6, 6.07) is 6.19. The van der Waals surface area contributed by atoms with Crippen LogP contribution in [0.25, 0.3) is 11.2 Å². The van der Waals surface area contributed by atoms with Gasteiger partial charge in [-0.2, -0.15) is 4.98 Å². The van der Waals surface area contributed by atoms with E-state index in [1.165, 1.54) is 29.1 Å². The van der Waals surface area contributed by atoms with Crippen LogP contribution in [0, 0.1) is 10.1 Å². The standard InChI is InChI=1S/C14H10N6O4S/c21-9-5-25-13(7-3-1-2-4-8(7)20(23)24)19(9)14-17-11-10(12(22)18-14)15-6-16-11/h1-4,6,13H,5H2,(H2,15,16,17,18,22). The minimum atomic E-state index is -0.659. The number of hydrogen-bond donors (Lipinski definition) is 2. The van der Waals surface area contributed by atoms with Crippen molar-refractivity contribution >= 4 is 40.5 Å². The molecule has 11 heteroatoms. The number of thioether (sulfide) groups is 1. The van der Waals surface area contributed by atoms with Crippen molar-refractivity contribution in [3.63, 3.8) is 0 Å². The number of carbonyl (C=O) groups excluding carboxylic acids is 1. The lowest BCUT2D eigenvalue weighted by Crippen LogP contribution is -2.31. The molecular weight excluding hydrogens is 348 g/mol. The third kappa shape index (κ3) is 2.45. The van der Waals surface area contributed by atoms with Crippen LogP contribution in [0.4, 0.5) is 11.6 Å². The summed E-state index contributed by atoms with van der Waals surface area (Å²) in [7, 11) is 0. The van der Waals surface area contributed by atoms with E-state index in [1.807, 2.05) is 0 Å². The van der Waals surface area contributed by atoms with Crippen LogP contribution in [0.3, 0.4) is 0 Å². The second-order valence-corrected chi connectivity index (χ2v) is 6.30. The van der Waals surface area contributed by atoms with Gasteiger partial charge >= 0.3 is 0 Å². The number of fused-ring (bicyclic) bond motifs is 1.